The summed E-state index contributed by atoms with van der Waals surface area (Å²) in [5.74, 6) is -0.498. The first-order valence-corrected chi connectivity index (χ1v) is 8.96. The number of benzene rings is 2. The lowest BCUT2D eigenvalue weighted by atomic mass is 10.2. The van der Waals surface area contributed by atoms with E-state index in [1.54, 1.807) is 0 Å². The molecule has 2 aromatic rings. The van der Waals surface area contributed by atoms with E-state index in [2.05, 4.69) is 4.72 Å². The van der Waals surface area contributed by atoms with E-state index in [0.717, 1.165) is 12.1 Å². The second-order valence-electron chi connectivity index (χ2n) is 5.36. The molecule has 2 aromatic carbocycles. The predicted octanol–water partition coefficient (Wildman–Crippen LogP) is 2.63. The molecule has 0 aliphatic heterocycles. The van der Waals surface area contributed by atoms with E-state index in [1.165, 1.54) is 57.4 Å². The zero-order valence-electron chi connectivity index (χ0n) is 14.7. The summed E-state index contributed by atoms with van der Waals surface area (Å²) in [7, 11) is 0.112. The van der Waals surface area contributed by atoms with Crippen LogP contribution in [0.5, 0.6) is 11.5 Å². The molecule has 1 amide bonds. The van der Waals surface area contributed by atoms with Crippen molar-refractivity contribution in [2.45, 2.75) is 11.8 Å². The molecule has 0 bridgehead atoms. The van der Waals surface area contributed by atoms with Crippen LogP contribution < -0.4 is 19.1 Å². The maximum absolute atomic E-state index is 13.7. The minimum Gasteiger partial charge on any atom is -0.497 e. The fourth-order valence-corrected chi connectivity index (χ4v) is 3.47. The normalized spacial score (nSPS) is 11.0. The fourth-order valence-electron chi connectivity index (χ4n) is 2.25. The lowest BCUT2D eigenvalue weighted by Crippen LogP contribution is -2.25. The Balaban J connectivity index is 2.51. The first-order chi connectivity index (χ1) is 12.2. The van der Waals surface area contributed by atoms with Crippen LogP contribution in [0.15, 0.2) is 41.3 Å². The van der Waals surface area contributed by atoms with Crippen LogP contribution in [0.25, 0.3) is 0 Å². The van der Waals surface area contributed by atoms with Gasteiger partial charge in [0.15, 0.2) is 0 Å². The second kappa shape index (κ2) is 7.61. The summed E-state index contributed by atoms with van der Waals surface area (Å²) in [5.41, 5.74) is 0.149. The van der Waals surface area contributed by atoms with Crippen molar-refractivity contribution in [2.75, 3.05) is 30.9 Å². The molecule has 0 unspecified atom stereocenters. The van der Waals surface area contributed by atoms with E-state index in [1.807, 2.05) is 0 Å². The largest absolute Gasteiger partial charge is 0.497 e. The summed E-state index contributed by atoms with van der Waals surface area (Å²) in [6, 6.07) is 7.66. The van der Waals surface area contributed by atoms with Gasteiger partial charge in [0.05, 0.1) is 25.6 Å². The van der Waals surface area contributed by atoms with Crippen molar-refractivity contribution >= 4 is 27.3 Å². The third-order valence-corrected chi connectivity index (χ3v) is 5.10. The van der Waals surface area contributed by atoms with E-state index in [9.17, 15) is 17.6 Å². The van der Waals surface area contributed by atoms with Crippen molar-refractivity contribution in [3.8, 4) is 11.5 Å². The highest BCUT2D eigenvalue weighted by atomic mass is 32.2. The fraction of sp³-hybridized carbons (Fsp3) is 0.235. The number of halogens is 1. The molecule has 0 saturated carbocycles. The molecule has 0 fully saturated rings. The molecule has 0 heterocycles. The summed E-state index contributed by atoms with van der Waals surface area (Å²) in [6.45, 7) is 1.31. The first kappa shape index (κ1) is 19.5. The maximum atomic E-state index is 13.7. The molecular weight excluding hydrogens is 363 g/mol. The quantitative estimate of drug-likeness (QED) is 0.830. The highest BCUT2D eigenvalue weighted by molar-refractivity contribution is 7.92. The minimum absolute atomic E-state index is 0.0646. The Hall–Kier alpha value is -2.81. The van der Waals surface area contributed by atoms with Gasteiger partial charge >= 0.3 is 0 Å². The summed E-state index contributed by atoms with van der Waals surface area (Å²) >= 11 is 0. The Morgan fingerprint density at radius 2 is 1.81 bits per heavy atom. The number of ether oxygens (including phenoxy) is 2. The number of nitrogens with zero attached hydrogens (tertiary/aromatic N) is 1. The summed E-state index contributed by atoms with van der Waals surface area (Å²) < 4.78 is 51.7. The molecule has 0 saturated heterocycles. The number of sulfonamides is 1. The molecule has 1 N–H and O–H groups in total. The molecule has 0 spiro atoms. The van der Waals surface area contributed by atoms with E-state index in [-0.39, 0.29) is 27.9 Å². The van der Waals surface area contributed by atoms with Crippen molar-refractivity contribution < 1.29 is 27.1 Å². The molecule has 9 heteroatoms. The topological polar surface area (TPSA) is 84.9 Å². The van der Waals surface area contributed by atoms with Gasteiger partial charge in [-0.3, -0.25) is 9.52 Å². The zero-order chi connectivity index (χ0) is 19.5. The average molecular weight is 382 g/mol. The first-order valence-electron chi connectivity index (χ1n) is 7.48. The van der Waals surface area contributed by atoms with Crippen LogP contribution in [0, 0.1) is 5.82 Å². The molecule has 0 atom stereocenters. The molecule has 140 valence electrons. The van der Waals surface area contributed by atoms with Crippen LogP contribution in [-0.4, -0.2) is 35.6 Å². The van der Waals surface area contributed by atoms with Gasteiger partial charge in [-0.15, -0.1) is 0 Å². The van der Waals surface area contributed by atoms with Gasteiger partial charge < -0.3 is 14.4 Å². The van der Waals surface area contributed by atoms with Gasteiger partial charge in [-0.25, -0.2) is 12.8 Å². The molecule has 0 aromatic heterocycles. The van der Waals surface area contributed by atoms with Crippen LogP contribution in [0.2, 0.25) is 0 Å². The van der Waals surface area contributed by atoms with Crippen LogP contribution in [0.1, 0.15) is 6.92 Å². The Kier molecular flexibility index (Phi) is 5.71. The van der Waals surface area contributed by atoms with E-state index >= 15 is 0 Å². The van der Waals surface area contributed by atoms with E-state index < -0.39 is 15.8 Å². The number of carbonyl (C=O) groups excluding carboxylic acids is 1. The van der Waals surface area contributed by atoms with Crippen LogP contribution in [0.3, 0.4) is 0 Å². The van der Waals surface area contributed by atoms with Crippen molar-refractivity contribution in [1.29, 1.82) is 0 Å². The molecule has 0 aliphatic rings. The van der Waals surface area contributed by atoms with E-state index in [0.29, 0.717) is 5.75 Å². The van der Waals surface area contributed by atoms with Crippen molar-refractivity contribution in [1.82, 2.24) is 0 Å². The van der Waals surface area contributed by atoms with Gasteiger partial charge in [-0.05, 0) is 24.3 Å². The summed E-state index contributed by atoms with van der Waals surface area (Å²) in [6.07, 6.45) is 0. The number of methoxy groups -OCH3 is 2. The lowest BCUT2D eigenvalue weighted by Gasteiger charge is -2.20. The van der Waals surface area contributed by atoms with Crippen LogP contribution >= 0.6 is 0 Å². The molecule has 0 radical (unpaired) electrons. The lowest BCUT2D eigenvalue weighted by molar-refractivity contribution is -0.116. The number of nitrogens with one attached hydrogen (secondary N) is 1. The number of rotatable bonds is 6. The number of hydrogen-bond acceptors (Lipinski definition) is 5. The highest BCUT2D eigenvalue weighted by Crippen LogP contribution is 2.33. The molecule has 26 heavy (non-hydrogen) atoms. The minimum atomic E-state index is -4.11. The molecule has 2 rings (SSSR count). The third-order valence-electron chi connectivity index (χ3n) is 3.70. The highest BCUT2D eigenvalue weighted by Gasteiger charge is 2.23. The Labute approximate surface area is 151 Å². The van der Waals surface area contributed by atoms with Crippen LogP contribution in [-0.2, 0) is 14.8 Å². The number of amides is 1. The molecular formula is C17H19FN2O5S. The number of carbonyl (C=O) groups is 1. The average Bonchev–Trinajstić information content (AvgIpc) is 2.60. The SMILES string of the molecule is COc1ccc(S(=O)(=O)Nc2cc(F)ccc2N(C)C(C)=O)c(OC)c1. The molecule has 0 aliphatic carbocycles. The van der Waals surface area contributed by atoms with Gasteiger partial charge in [0.1, 0.15) is 22.2 Å². The van der Waals surface area contributed by atoms with Crippen LogP contribution in [0.4, 0.5) is 15.8 Å². The monoisotopic (exact) mass is 382 g/mol. The Morgan fingerprint density at radius 1 is 1.12 bits per heavy atom. The van der Waals surface area contributed by atoms with Crippen molar-refractivity contribution in [2.24, 2.45) is 0 Å². The van der Waals surface area contributed by atoms with E-state index in [4.69, 9.17) is 9.47 Å². The number of hydrogen-bond donors (Lipinski definition) is 1. The summed E-state index contributed by atoms with van der Waals surface area (Å²) in [5, 5.41) is 0. The van der Waals surface area contributed by atoms with Gasteiger partial charge in [0.25, 0.3) is 10.0 Å². The second-order valence-corrected chi connectivity index (χ2v) is 7.01. The Morgan fingerprint density at radius 3 is 2.38 bits per heavy atom. The third kappa shape index (κ3) is 4.05. The van der Waals surface area contributed by atoms with Crippen molar-refractivity contribution in [3.63, 3.8) is 0 Å². The standard InChI is InChI=1S/C17H19FN2O5S/c1-11(21)20(2)15-7-5-12(18)9-14(15)19-26(22,23)17-8-6-13(24-3)10-16(17)25-4/h5-10,19H,1-4H3. The van der Waals surface area contributed by atoms with Gasteiger partial charge in [-0.2, -0.15) is 0 Å². The Bertz CT molecular complexity index is 931. The van der Waals surface area contributed by atoms with Gasteiger partial charge in [-0.1, -0.05) is 0 Å². The maximum Gasteiger partial charge on any atom is 0.265 e. The predicted molar refractivity (Wildman–Crippen MR) is 95.8 cm³/mol. The van der Waals surface area contributed by atoms with Gasteiger partial charge in [0, 0.05) is 26.1 Å². The number of anilines is 2. The molecule has 7 nitrogen and oxygen atoms in total. The zero-order valence-corrected chi connectivity index (χ0v) is 15.6. The van der Waals surface area contributed by atoms with Gasteiger partial charge in [0.2, 0.25) is 5.91 Å². The summed E-state index contributed by atoms with van der Waals surface area (Å²) in [4.78, 5) is 12.7. The van der Waals surface area contributed by atoms with Crippen molar-refractivity contribution in [3.05, 3.63) is 42.2 Å². The smallest absolute Gasteiger partial charge is 0.265 e.